The third kappa shape index (κ3) is 2.20. The van der Waals surface area contributed by atoms with Crippen molar-refractivity contribution in [1.29, 1.82) is 0 Å². The largest absolute Gasteiger partial charge is 0.322 e. The number of aromatic amines is 1. The Kier molecular flexibility index (Phi) is 2.66. The number of benzene rings is 1. The summed E-state index contributed by atoms with van der Waals surface area (Å²) < 4.78 is 0. The zero-order valence-electron chi connectivity index (χ0n) is 7.34. The molecule has 14 heavy (non-hydrogen) atoms. The van der Waals surface area contributed by atoms with Crippen molar-refractivity contribution >= 4 is 34.1 Å². The maximum atomic E-state index is 10.8. The van der Waals surface area contributed by atoms with Crippen LogP contribution in [0.25, 0.3) is 10.9 Å². The normalized spacial score (nSPS) is 24.4. The van der Waals surface area contributed by atoms with Gasteiger partial charge in [0, 0.05) is 10.9 Å². The molecule has 2 nitrogen and oxygen atoms in total. The van der Waals surface area contributed by atoms with Crippen LogP contribution >= 0.6 is 23.2 Å². The van der Waals surface area contributed by atoms with Crippen molar-refractivity contribution in [2.24, 2.45) is 0 Å². The summed E-state index contributed by atoms with van der Waals surface area (Å²) in [5, 5.41) is 1.32. The van der Waals surface area contributed by atoms with Crippen molar-refractivity contribution in [2.45, 2.75) is 17.2 Å². The fourth-order valence-corrected chi connectivity index (χ4v) is 1.52. The van der Waals surface area contributed by atoms with Crippen LogP contribution in [-0.4, -0.2) is 15.7 Å². The molecule has 1 aromatic carbocycles. The Bertz CT molecular complexity index is 441. The van der Waals surface area contributed by atoms with Gasteiger partial charge in [0.2, 0.25) is 0 Å². The number of alkyl halides is 2. The van der Waals surface area contributed by atoms with E-state index in [1.165, 1.54) is 0 Å². The van der Waals surface area contributed by atoms with E-state index in [4.69, 9.17) is 23.2 Å². The van der Waals surface area contributed by atoms with E-state index >= 15 is 0 Å². The van der Waals surface area contributed by atoms with Crippen LogP contribution in [0.1, 0.15) is 6.42 Å². The van der Waals surface area contributed by atoms with Gasteiger partial charge in [0.1, 0.15) is 0 Å². The lowest BCUT2D eigenvalue weighted by Gasteiger charge is -1.93. The standard InChI is InChI=1S/C7H5NO.C3H4Cl2/c9-7-5-1-3-6(8-7)4-2-5;4-2-1-3(2)5/h1-4H,(H,8,9);2-3H,1H2. The Morgan fingerprint density at radius 2 is 1.64 bits per heavy atom. The minimum atomic E-state index is 0.00926. The van der Waals surface area contributed by atoms with Crippen LogP contribution in [0, 0.1) is 0 Å². The highest BCUT2D eigenvalue weighted by atomic mass is 35.5. The van der Waals surface area contributed by atoms with Crippen molar-refractivity contribution in [3.05, 3.63) is 34.6 Å². The van der Waals surface area contributed by atoms with Crippen molar-refractivity contribution in [1.82, 2.24) is 4.98 Å². The third-order valence-electron chi connectivity index (χ3n) is 2.04. The van der Waals surface area contributed by atoms with Crippen LogP contribution in [0.15, 0.2) is 29.1 Å². The first kappa shape index (κ1) is 9.81. The minimum Gasteiger partial charge on any atom is -0.322 e. The van der Waals surface area contributed by atoms with Crippen LogP contribution in [0.3, 0.4) is 0 Å². The third-order valence-corrected chi connectivity index (χ3v) is 3.14. The van der Waals surface area contributed by atoms with Crippen LogP contribution in [0.4, 0.5) is 0 Å². The molecule has 2 unspecified atom stereocenters. The van der Waals surface area contributed by atoms with Crippen LogP contribution < -0.4 is 5.56 Å². The number of halogens is 2. The van der Waals surface area contributed by atoms with E-state index in [0.717, 1.165) is 17.3 Å². The number of fused-ring (bicyclic) bond motifs is 3. The molecule has 1 aliphatic rings. The highest BCUT2D eigenvalue weighted by Gasteiger charge is 2.32. The van der Waals surface area contributed by atoms with Crippen LogP contribution in [0.5, 0.6) is 0 Å². The Balaban J connectivity index is 0.000000128. The molecule has 3 aromatic rings. The molecule has 2 aromatic heterocycles. The van der Waals surface area contributed by atoms with Gasteiger partial charge in [0.15, 0.2) is 0 Å². The summed E-state index contributed by atoms with van der Waals surface area (Å²) in [5.41, 5.74) is 0.894. The fraction of sp³-hybridized carbons (Fsp3) is 0.300. The van der Waals surface area contributed by atoms with Gasteiger partial charge in [-0.05, 0) is 30.7 Å². The Morgan fingerprint density at radius 1 is 1.14 bits per heavy atom. The van der Waals surface area contributed by atoms with Gasteiger partial charge in [0.25, 0.3) is 5.56 Å². The van der Waals surface area contributed by atoms with Crippen molar-refractivity contribution in [3.63, 3.8) is 0 Å². The van der Waals surface area contributed by atoms with Gasteiger partial charge < -0.3 is 4.98 Å². The summed E-state index contributed by atoms with van der Waals surface area (Å²) >= 11 is 10.8. The summed E-state index contributed by atoms with van der Waals surface area (Å²) in [4.78, 5) is 13.5. The highest BCUT2D eigenvalue weighted by molar-refractivity contribution is 6.34. The molecule has 2 bridgehead atoms. The van der Waals surface area contributed by atoms with E-state index in [-0.39, 0.29) is 16.3 Å². The summed E-state index contributed by atoms with van der Waals surface area (Å²) in [6.07, 6.45) is 1.00. The molecular weight excluding hydrogens is 221 g/mol. The quantitative estimate of drug-likeness (QED) is 0.693. The van der Waals surface area contributed by atoms with E-state index in [1.54, 1.807) is 0 Å². The van der Waals surface area contributed by atoms with Crippen molar-refractivity contribution < 1.29 is 0 Å². The SMILES string of the molecule is ClC1CC1Cl.O=c1[nH]c2ccc1cc2. The second-order valence-corrected chi connectivity index (χ2v) is 4.42. The summed E-state index contributed by atoms with van der Waals surface area (Å²) in [6.45, 7) is 0. The number of rotatable bonds is 0. The number of hydrogen-bond acceptors (Lipinski definition) is 1. The average molecular weight is 230 g/mol. The van der Waals surface area contributed by atoms with E-state index in [9.17, 15) is 4.79 Å². The smallest absolute Gasteiger partial charge is 0.255 e. The molecule has 1 N–H and O–H groups in total. The lowest BCUT2D eigenvalue weighted by molar-refractivity contribution is 1.31. The van der Waals surface area contributed by atoms with Gasteiger partial charge in [0.05, 0.1) is 10.8 Å². The summed E-state index contributed by atoms with van der Waals surface area (Å²) in [5.74, 6) is 0. The maximum Gasteiger partial charge on any atom is 0.255 e. The second-order valence-electron chi connectivity index (χ2n) is 3.30. The average Bonchev–Trinajstić information content (AvgIpc) is 2.82. The van der Waals surface area contributed by atoms with Crippen molar-refractivity contribution in [3.8, 4) is 0 Å². The molecule has 2 atom stereocenters. The first-order valence-electron chi connectivity index (χ1n) is 4.36. The first-order chi connectivity index (χ1) is 6.66. The molecule has 0 spiro atoms. The molecular formula is C10H9Cl2NO. The Labute approximate surface area is 91.2 Å². The van der Waals surface area contributed by atoms with E-state index in [1.807, 2.05) is 24.3 Å². The van der Waals surface area contributed by atoms with E-state index in [2.05, 4.69) is 4.98 Å². The van der Waals surface area contributed by atoms with Gasteiger partial charge >= 0.3 is 0 Å². The molecule has 0 saturated heterocycles. The molecule has 0 aliphatic heterocycles. The molecule has 4 heteroatoms. The number of aromatic nitrogens is 1. The number of nitrogens with one attached hydrogen (secondary N) is 1. The second kappa shape index (κ2) is 3.79. The predicted octanol–water partition coefficient (Wildman–Crippen LogP) is 2.57. The van der Waals surface area contributed by atoms with Gasteiger partial charge in [-0.1, -0.05) is 0 Å². The first-order valence-corrected chi connectivity index (χ1v) is 5.23. The molecule has 1 aliphatic carbocycles. The monoisotopic (exact) mass is 229 g/mol. The molecule has 74 valence electrons. The van der Waals surface area contributed by atoms with Gasteiger partial charge in [-0.15, -0.1) is 23.2 Å². The Morgan fingerprint density at radius 3 is 1.79 bits per heavy atom. The lowest BCUT2D eigenvalue weighted by Crippen LogP contribution is -2.05. The molecule has 1 fully saturated rings. The van der Waals surface area contributed by atoms with E-state index in [0.29, 0.717) is 0 Å². The fourth-order valence-electron chi connectivity index (χ4n) is 1.04. The molecule has 1 saturated carbocycles. The minimum absolute atomic E-state index is 0.00926. The maximum absolute atomic E-state index is 10.8. The van der Waals surface area contributed by atoms with Gasteiger partial charge in [-0.2, -0.15) is 0 Å². The molecule has 4 rings (SSSR count). The summed E-state index contributed by atoms with van der Waals surface area (Å²) in [7, 11) is 0. The van der Waals surface area contributed by atoms with Gasteiger partial charge in [-0.25, -0.2) is 0 Å². The highest BCUT2D eigenvalue weighted by Crippen LogP contribution is 2.33. The number of pyridine rings is 2. The van der Waals surface area contributed by atoms with Gasteiger partial charge in [-0.3, -0.25) is 4.79 Å². The zero-order chi connectivity index (χ0) is 10.1. The lowest BCUT2D eigenvalue weighted by atomic mass is 10.2. The van der Waals surface area contributed by atoms with E-state index < -0.39 is 0 Å². The molecule has 0 amide bonds. The summed E-state index contributed by atoms with van der Waals surface area (Å²) in [6, 6.07) is 7.40. The van der Waals surface area contributed by atoms with Crippen LogP contribution in [0.2, 0.25) is 0 Å². The predicted molar refractivity (Wildman–Crippen MR) is 59.7 cm³/mol. The molecule has 2 heterocycles. The Hall–Kier alpha value is -0.730. The zero-order valence-corrected chi connectivity index (χ0v) is 8.85. The van der Waals surface area contributed by atoms with Crippen LogP contribution in [-0.2, 0) is 0 Å². The van der Waals surface area contributed by atoms with Crippen molar-refractivity contribution in [2.75, 3.05) is 0 Å². The number of H-pyrrole nitrogens is 1. The topological polar surface area (TPSA) is 32.9 Å². The number of hydrogen-bond donors (Lipinski definition) is 1. The molecule has 0 radical (unpaired) electrons.